The van der Waals surface area contributed by atoms with Gasteiger partial charge in [0.15, 0.2) is 5.01 Å². The van der Waals surface area contributed by atoms with Crippen LogP contribution < -0.4 is 5.32 Å². The minimum atomic E-state index is -2.68. The summed E-state index contributed by atoms with van der Waals surface area (Å²) in [5.41, 5.74) is 1.06. The molecule has 0 spiro atoms. The summed E-state index contributed by atoms with van der Waals surface area (Å²) in [6.07, 6.45) is -2.68. The van der Waals surface area contributed by atoms with Crippen LogP contribution in [0.2, 0.25) is 0 Å². The third-order valence-electron chi connectivity index (χ3n) is 3.60. The highest BCUT2D eigenvalue weighted by Crippen LogP contribution is 2.38. The molecular weight excluding hydrogens is 310 g/mol. The third-order valence-corrected chi connectivity index (χ3v) is 4.45. The van der Waals surface area contributed by atoms with E-state index in [2.05, 4.69) is 22.4 Å². The van der Waals surface area contributed by atoms with Gasteiger partial charge in [-0.3, -0.25) is 5.32 Å². The molecule has 2 amide bonds. The van der Waals surface area contributed by atoms with Crippen molar-refractivity contribution in [3.8, 4) is 0 Å². The van der Waals surface area contributed by atoms with Gasteiger partial charge in [-0.25, -0.2) is 13.6 Å². The number of urea groups is 1. The topological polar surface area (TPSA) is 58.1 Å². The summed E-state index contributed by atoms with van der Waals surface area (Å²) < 4.78 is 24.9. The molecule has 1 aliphatic rings. The van der Waals surface area contributed by atoms with Gasteiger partial charge in [0.05, 0.1) is 6.04 Å². The number of aromatic nitrogens is 2. The molecule has 0 aliphatic carbocycles. The second kappa shape index (κ2) is 5.96. The molecule has 1 N–H and O–H groups in total. The Morgan fingerprint density at radius 2 is 2.09 bits per heavy atom. The number of amides is 2. The molecule has 2 unspecified atom stereocenters. The predicted molar refractivity (Wildman–Crippen MR) is 78.9 cm³/mol. The molecule has 8 heteroatoms. The lowest BCUT2D eigenvalue weighted by molar-refractivity contribution is 0.0671. The van der Waals surface area contributed by atoms with Gasteiger partial charge >= 0.3 is 6.03 Å². The molecule has 1 saturated heterocycles. The van der Waals surface area contributed by atoms with E-state index >= 15 is 0 Å². The number of nitrogens with one attached hydrogen (secondary N) is 1. The van der Waals surface area contributed by atoms with E-state index < -0.39 is 11.4 Å². The maximum absolute atomic E-state index is 12.5. The lowest BCUT2D eigenvalue weighted by atomic mass is 9.85. The summed E-state index contributed by atoms with van der Waals surface area (Å²) in [6, 6.07) is 9.37. The Labute approximate surface area is 130 Å². The lowest BCUT2D eigenvalue weighted by Crippen LogP contribution is -2.53. The van der Waals surface area contributed by atoms with Crippen LogP contribution in [0.25, 0.3) is 0 Å². The zero-order chi connectivity index (χ0) is 15.7. The van der Waals surface area contributed by atoms with Crippen molar-refractivity contribution in [2.75, 3.05) is 11.9 Å². The van der Waals surface area contributed by atoms with Crippen LogP contribution in [0, 0.1) is 5.92 Å². The average molecular weight is 324 g/mol. The van der Waals surface area contributed by atoms with E-state index in [-0.39, 0.29) is 17.2 Å². The number of anilines is 1. The molecule has 2 heterocycles. The first-order chi connectivity index (χ1) is 10.6. The number of carbonyl (C=O) groups is 1. The molecule has 0 radical (unpaired) electrons. The zero-order valence-electron chi connectivity index (χ0n) is 11.7. The summed E-state index contributed by atoms with van der Waals surface area (Å²) in [7, 11) is 0. The Hall–Kier alpha value is -2.09. The smallest absolute Gasteiger partial charge is 0.317 e. The van der Waals surface area contributed by atoms with E-state index in [1.165, 1.54) is 0 Å². The normalized spacial score (nSPS) is 20.8. The Balaban J connectivity index is 1.69. The van der Waals surface area contributed by atoms with Crippen molar-refractivity contribution in [2.45, 2.75) is 19.4 Å². The number of likely N-dealkylation sites (tertiary alicyclic amines) is 1. The van der Waals surface area contributed by atoms with E-state index in [1.807, 2.05) is 30.3 Å². The second-order valence-corrected chi connectivity index (χ2v) is 6.17. The van der Waals surface area contributed by atoms with Gasteiger partial charge in [0.25, 0.3) is 6.43 Å². The molecule has 0 saturated carbocycles. The average Bonchev–Trinajstić information content (AvgIpc) is 2.94. The number of alkyl halides is 2. The van der Waals surface area contributed by atoms with E-state index in [1.54, 1.807) is 4.90 Å². The number of hydrogen-bond acceptors (Lipinski definition) is 4. The van der Waals surface area contributed by atoms with E-state index in [9.17, 15) is 13.6 Å². The fourth-order valence-corrected chi connectivity index (χ4v) is 3.19. The number of carbonyl (C=O) groups excluding carboxylic acids is 1. The molecule has 1 aromatic heterocycles. The van der Waals surface area contributed by atoms with Crippen LogP contribution in [0.1, 0.15) is 30.0 Å². The van der Waals surface area contributed by atoms with E-state index in [0.717, 1.165) is 5.56 Å². The van der Waals surface area contributed by atoms with Crippen LogP contribution in [0.5, 0.6) is 0 Å². The maximum atomic E-state index is 12.5. The fraction of sp³-hybridized carbons (Fsp3) is 0.357. The summed E-state index contributed by atoms with van der Waals surface area (Å²) >= 11 is 0.688. The van der Waals surface area contributed by atoms with Gasteiger partial charge in [0, 0.05) is 6.54 Å². The van der Waals surface area contributed by atoms with Crippen LogP contribution in [-0.2, 0) is 0 Å². The maximum Gasteiger partial charge on any atom is 0.324 e. The lowest BCUT2D eigenvalue weighted by Gasteiger charge is -2.46. The van der Waals surface area contributed by atoms with Crippen molar-refractivity contribution in [3.05, 3.63) is 40.9 Å². The first-order valence-corrected chi connectivity index (χ1v) is 7.62. The molecule has 1 fully saturated rings. The van der Waals surface area contributed by atoms with Gasteiger partial charge in [-0.15, -0.1) is 10.2 Å². The van der Waals surface area contributed by atoms with Crippen molar-refractivity contribution in [3.63, 3.8) is 0 Å². The van der Waals surface area contributed by atoms with E-state index in [0.29, 0.717) is 23.8 Å². The van der Waals surface area contributed by atoms with Gasteiger partial charge < -0.3 is 4.90 Å². The Kier molecular flexibility index (Phi) is 4.02. The van der Waals surface area contributed by atoms with Crippen LogP contribution in [0.4, 0.5) is 18.7 Å². The highest BCUT2D eigenvalue weighted by atomic mass is 32.1. The predicted octanol–water partition coefficient (Wildman–Crippen LogP) is 3.70. The minimum Gasteiger partial charge on any atom is -0.317 e. The first-order valence-electron chi connectivity index (χ1n) is 6.80. The van der Waals surface area contributed by atoms with Crippen molar-refractivity contribution in [1.29, 1.82) is 0 Å². The van der Waals surface area contributed by atoms with Gasteiger partial charge in [-0.1, -0.05) is 48.6 Å². The highest BCUT2D eigenvalue weighted by Gasteiger charge is 2.40. The molecule has 22 heavy (non-hydrogen) atoms. The van der Waals surface area contributed by atoms with Crippen molar-refractivity contribution >= 4 is 22.5 Å². The first kappa shape index (κ1) is 14.8. The van der Waals surface area contributed by atoms with Crippen LogP contribution in [0.3, 0.4) is 0 Å². The Morgan fingerprint density at radius 3 is 2.68 bits per heavy atom. The largest absolute Gasteiger partial charge is 0.324 e. The van der Waals surface area contributed by atoms with Crippen LogP contribution in [-0.4, -0.2) is 27.7 Å². The Morgan fingerprint density at radius 1 is 1.36 bits per heavy atom. The summed E-state index contributed by atoms with van der Waals surface area (Å²) in [4.78, 5) is 13.9. The zero-order valence-corrected chi connectivity index (χ0v) is 12.6. The molecule has 5 nitrogen and oxygen atoms in total. The van der Waals surface area contributed by atoms with Crippen LogP contribution in [0.15, 0.2) is 30.3 Å². The monoisotopic (exact) mass is 324 g/mol. The minimum absolute atomic E-state index is 0.0105. The van der Waals surface area contributed by atoms with Gasteiger partial charge in [-0.2, -0.15) is 0 Å². The standard InChI is InChI=1S/C14H14F2N4OS/c1-8-7-20(10(8)9-5-3-2-4-6-9)14(21)17-13-19-18-12(22-13)11(15)16/h2-6,8,10-11H,7H2,1H3,(H,17,19,21). The second-order valence-electron chi connectivity index (χ2n) is 5.16. The SMILES string of the molecule is CC1CN(C(=O)Nc2nnc(C(F)F)s2)C1c1ccccc1. The molecule has 2 aromatic rings. The number of rotatable bonds is 3. The van der Waals surface area contributed by atoms with Crippen molar-refractivity contribution in [1.82, 2.24) is 15.1 Å². The number of halogens is 2. The molecule has 116 valence electrons. The number of nitrogens with zero attached hydrogens (tertiary/aromatic N) is 3. The van der Waals surface area contributed by atoms with Gasteiger partial charge in [0.2, 0.25) is 5.13 Å². The molecule has 0 bridgehead atoms. The molecule has 3 rings (SSSR count). The molecule has 1 aliphatic heterocycles. The summed E-state index contributed by atoms with van der Waals surface area (Å²) in [6.45, 7) is 2.69. The third kappa shape index (κ3) is 2.78. The highest BCUT2D eigenvalue weighted by molar-refractivity contribution is 7.15. The number of hydrogen-bond donors (Lipinski definition) is 1. The quantitative estimate of drug-likeness (QED) is 0.936. The van der Waals surface area contributed by atoms with Crippen molar-refractivity contribution < 1.29 is 13.6 Å². The molecule has 2 atom stereocenters. The number of benzene rings is 1. The molecular formula is C14H14F2N4OS. The van der Waals surface area contributed by atoms with Gasteiger partial charge in [0.1, 0.15) is 0 Å². The Bertz CT molecular complexity index is 664. The van der Waals surface area contributed by atoms with Crippen molar-refractivity contribution in [2.24, 2.45) is 5.92 Å². The van der Waals surface area contributed by atoms with E-state index in [4.69, 9.17) is 0 Å². The fourth-order valence-electron chi connectivity index (χ4n) is 2.60. The van der Waals surface area contributed by atoms with Crippen LogP contribution >= 0.6 is 11.3 Å². The molecule has 1 aromatic carbocycles. The summed E-state index contributed by atoms with van der Waals surface area (Å²) in [5, 5.41) is 9.15. The van der Waals surface area contributed by atoms with Gasteiger partial charge in [-0.05, 0) is 11.5 Å². The summed E-state index contributed by atoms with van der Waals surface area (Å²) in [5.74, 6) is 0.346.